The quantitative estimate of drug-likeness (QED) is 0.876. The molecule has 1 aliphatic heterocycles. The maximum Gasteiger partial charge on any atom is 0.126 e. The van der Waals surface area contributed by atoms with Gasteiger partial charge in [0.1, 0.15) is 12.0 Å². The Morgan fingerprint density at radius 3 is 2.82 bits per heavy atom. The molecule has 4 rings (SSSR count). The van der Waals surface area contributed by atoms with Crippen molar-refractivity contribution in [3.05, 3.63) is 40.8 Å². The van der Waals surface area contributed by atoms with Gasteiger partial charge in [-0.2, -0.15) is 0 Å². The molecule has 116 valence electrons. The van der Waals surface area contributed by atoms with E-state index in [4.69, 9.17) is 10.7 Å². The van der Waals surface area contributed by atoms with Crippen LogP contribution >= 0.6 is 0 Å². The van der Waals surface area contributed by atoms with Gasteiger partial charge in [-0.25, -0.2) is 9.37 Å². The molecule has 3 nitrogen and oxygen atoms in total. The Hall–Kier alpha value is -1.68. The van der Waals surface area contributed by atoms with Crippen molar-refractivity contribution in [2.24, 2.45) is 5.73 Å². The lowest BCUT2D eigenvalue weighted by Crippen LogP contribution is -2.30. The lowest BCUT2D eigenvalue weighted by atomic mass is 9.90. The summed E-state index contributed by atoms with van der Waals surface area (Å²) in [6, 6.07) is 6.37. The van der Waals surface area contributed by atoms with E-state index in [9.17, 15) is 4.39 Å². The van der Waals surface area contributed by atoms with Crippen LogP contribution in [0.4, 0.5) is 4.39 Å². The van der Waals surface area contributed by atoms with Crippen LogP contribution in [-0.2, 0) is 19.4 Å². The van der Waals surface area contributed by atoms with Gasteiger partial charge in [-0.3, -0.25) is 0 Å². The van der Waals surface area contributed by atoms with Crippen LogP contribution in [0.5, 0.6) is 0 Å². The molecule has 0 saturated heterocycles. The summed E-state index contributed by atoms with van der Waals surface area (Å²) in [5.74, 6) is 0.833. The van der Waals surface area contributed by atoms with Gasteiger partial charge < -0.3 is 10.3 Å². The highest BCUT2D eigenvalue weighted by molar-refractivity contribution is 5.64. The predicted molar refractivity (Wildman–Crippen MR) is 85.5 cm³/mol. The number of aromatic nitrogens is 2. The van der Waals surface area contributed by atoms with Crippen LogP contribution in [0, 0.1) is 6.92 Å². The molecule has 1 aromatic carbocycles. The van der Waals surface area contributed by atoms with Gasteiger partial charge in [0.05, 0.1) is 18.3 Å². The first kappa shape index (κ1) is 13.9. The number of halogens is 1. The molecule has 0 fully saturated rings. The summed E-state index contributed by atoms with van der Waals surface area (Å²) in [5, 5.41) is 0. The number of nitrogens with two attached hydrogens (primary N) is 1. The average Bonchev–Trinajstić information content (AvgIpc) is 2.84. The van der Waals surface area contributed by atoms with Crippen molar-refractivity contribution >= 4 is 0 Å². The molecular formula is C18H22FN3. The molecule has 0 spiro atoms. The molecule has 2 unspecified atom stereocenters. The predicted octanol–water partition coefficient (Wildman–Crippen LogP) is 3.48. The number of hydrogen-bond donors (Lipinski definition) is 1. The number of hydrogen-bond acceptors (Lipinski definition) is 2. The Morgan fingerprint density at radius 1 is 1.23 bits per heavy atom. The fourth-order valence-corrected chi connectivity index (χ4v) is 3.88. The lowest BCUT2D eigenvalue weighted by Gasteiger charge is -2.23. The Morgan fingerprint density at radius 2 is 2.00 bits per heavy atom. The van der Waals surface area contributed by atoms with Gasteiger partial charge >= 0.3 is 0 Å². The maximum atomic E-state index is 13.8. The van der Waals surface area contributed by atoms with Gasteiger partial charge in [0.25, 0.3) is 0 Å². The molecule has 2 atom stereocenters. The standard InChI is InChI=1S/C18H22FN3/c1-11-17(21-18-16(20)9-15(19)10-22(11)18)14-7-6-12-4-2-3-5-13(12)8-14/h6-8,15-16H,2-5,9-10,20H2,1H3. The van der Waals surface area contributed by atoms with Gasteiger partial charge in [-0.1, -0.05) is 12.1 Å². The third-order valence-corrected chi connectivity index (χ3v) is 5.09. The fraction of sp³-hybridized carbons (Fsp3) is 0.500. The Kier molecular flexibility index (Phi) is 3.30. The molecule has 2 N–H and O–H groups in total. The summed E-state index contributed by atoms with van der Waals surface area (Å²) in [6.45, 7) is 2.41. The molecule has 0 radical (unpaired) electrons. The summed E-state index contributed by atoms with van der Waals surface area (Å²) < 4.78 is 15.8. The van der Waals surface area contributed by atoms with E-state index in [1.54, 1.807) is 0 Å². The van der Waals surface area contributed by atoms with Crippen LogP contribution in [0.2, 0.25) is 0 Å². The zero-order valence-electron chi connectivity index (χ0n) is 13.0. The van der Waals surface area contributed by atoms with Crippen LogP contribution in [0.1, 0.15) is 47.9 Å². The normalized spacial score (nSPS) is 24.0. The topological polar surface area (TPSA) is 43.8 Å². The summed E-state index contributed by atoms with van der Waals surface area (Å²) in [7, 11) is 0. The molecule has 0 bridgehead atoms. The van der Waals surface area contributed by atoms with Crippen molar-refractivity contribution < 1.29 is 4.39 Å². The van der Waals surface area contributed by atoms with Crippen LogP contribution in [0.15, 0.2) is 18.2 Å². The third-order valence-electron chi connectivity index (χ3n) is 5.09. The highest BCUT2D eigenvalue weighted by atomic mass is 19.1. The number of fused-ring (bicyclic) bond motifs is 2. The van der Waals surface area contributed by atoms with E-state index in [2.05, 4.69) is 18.2 Å². The van der Waals surface area contributed by atoms with E-state index in [1.165, 1.54) is 30.4 Å². The number of rotatable bonds is 1. The second kappa shape index (κ2) is 5.20. The largest absolute Gasteiger partial charge is 0.327 e. The summed E-state index contributed by atoms with van der Waals surface area (Å²) in [5.41, 5.74) is 12.1. The second-order valence-electron chi connectivity index (χ2n) is 6.64. The van der Waals surface area contributed by atoms with Gasteiger partial charge in [0.15, 0.2) is 0 Å². The van der Waals surface area contributed by atoms with Gasteiger partial charge in [-0.05, 0) is 49.8 Å². The van der Waals surface area contributed by atoms with Crippen molar-refractivity contribution in [2.45, 2.75) is 57.8 Å². The molecule has 1 aliphatic carbocycles. The highest BCUT2D eigenvalue weighted by Crippen LogP contribution is 2.33. The van der Waals surface area contributed by atoms with Crippen LogP contribution in [0.25, 0.3) is 11.3 Å². The molecule has 0 amide bonds. The van der Waals surface area contributed by atoms with E-state index in [0.29, 0.717) is 13.0 Å². The smallest absolute Gasteiger partial charge is 0.126 e. The monoisotopic (exact) mass is 299 g/mol. The minimum absolute atomic E-state index is 0.297. The number of aryl methyl sites for hydroxylation is 2. The van der Waals surface area contributed by atoms with Gasteiger partial charge in [0.2, 0.25) is 0 Å². The first-order valence-electron chi connectivity index (χ1n) is 8.22. The van der Waals surface area contributed by atoms with Crippen molar-refractivity contribution in [3.8, 4) is 11.3 Å². The van der Waals surface area contributed by atoms with Crippen molar-refractivity contribution in [2.75, 3.05) is 0 Å². The minimum atomic E-state index is -0.869. The number of benzene rings is 1. The van der Waals surface area contributed by atoms with Crippen molar-refractivity contribution in [1.82, 2.24) is 9.55 Å². The molecule has 2 aliphatic rings. The molecular weight excluding hydrogens is 277 g/mol. The van der Waals surface area contributed by atoms with E-state index >= 15 is 0 Å². The van der Waals surface area contributed by atoms with Crippen LogP contribution in [0.3, 0.4) is 0 Å². The highest BCUT2D eigenvalue weighted by Gasteiger charge is 2.29. The average molecular weight is 299 g/mol. The molecule has 0 saturated carbocycles. The van der Waals surface area contributed by atoms with E-state index in [-0.39, 0.29) is 6.04 Å². The van der Waals surface area contributed by atoms with E-state index < -0.39 is 6.17 Å². The Bertz CT molecular complexity index is 719. The summed E-state index contributed by atoms with van der Waals surface area (Å²) in [6.07, 6.45) is 4.40. The summed E-state index contributed by atoms with van der Waals surface area (Å²) >= 11 is 0. The number of imidazole rings is 1. The fourth-order valence-electron chi connectivity index (χ4n) is 3.88. The third kappa shape index (κ3) is 2.17. The Labute approximate surface area is 130 Å². The first-order chi connectivity index (χ1) is 10.6. The van der Waals surface area contributed by atoms with E-state index in [0.717, 1.165) is 29.2 Å². The van der Waals surface area contributed by atoms with Crippen LogP contribution < -0.4 is 5.73 Å². The molecule has 2 aromatic rings. The second-order valence-corrected chi connectivity index (χ2v) is 6.64. The number of alkyl halides is 1. The SMILES string of the molecule is Cc1c(-c2ccc3c(c2)CCCC3)nc2n1CC(F)CC2N. The maximum absolute atomic E-state index is 13.8. The lowest BCUT2D eigenvalue weighted by molar-refractivity contribution is 0.229. The molecule has 2 heterocycles. The van der Waals surface area contributed by atoms with Gasteiger partial charge in [0, 0.05) is 17.7 Å². The molecule has 4 heteroatoms. The zero-order valence-corrected chi connectivity index (χ0v) is 13.0. The summed E-state index contributed by atoms with van der Waals surface area (Å²) in [4.78, 5) is 4.76. The minimum Gasteiger partial charge on any atom is -0.327 e. The molecule has 22 heavy (non-hydrogen) atoms. The van der Waals surface area contributed by atoms with Crippen LogP contribution in [-0.4, -0.2) is 15.7 Å². The Balaban J connectivity index is 1.79. The van der Waals surface area contributed by atoms with Crippen molar-refractivity contribution in [1.29, 1.82) is 0 Å². The molecule has 1 aromatic heterocycles. The first-order valence-corrected chi connectivity index (χ1v) is 8.22. The zero-order chi connectivity index (χ0) is 15.3. The number of nitrogens with zero attached hydrogens (tertiary/aromatic N) is 2. The van der Waals surface area contributed by atoms with E-state index in [1.807, 2.05) is 11.5 Å². The van der Waals surface area contributed by atoms with Crippen molar-refractivity contribution in [3.63, 3.8) is 0 Å². The van der Waals surface area contributed by atoms with Gasteiger partial charge in [-0.15, -0.1) is 0 Å².